The summed E-state index contributed by atoms with van der Waals surface area (Å²) in [7, 11) is 0. The van der Waals surface area contributed by atoms with Crippen molar-refractivity contribution in [2.45, 2.75) is 6.92 Å². The largest absolute Gasteiger partial charge is 0.482 e. The van der Waals surface area contributed by atoms with Gasteiger partial charge in [0.1, 0.15) is 5.75 Å². The zero-order valence-electron chi connectivity index (χ0n) is 10.5. The SMILES string of the molecule is Cc1csc(NC(=O)COc2ccc(C#N)cc2Cl)n1. The predicted octanol–water partition coefficient (Wildman–Crippen LogP) is 2.99. The Labute approximate surface area is 124 Å². The number of nitrogens with one attached hydrogen (secondary N) is 1. The van der Waals surface area contributed by atoms with Crippen LogP contribution in [0.15, 0.2) is 23.6 Å². The van der Waals surface area contributed by atoms with Crippen molar-refractivity contribution in [1.29, 1.82) is 5.26 Å². The lowest BCUT2D eigenvalue weighted by atomic mass is 10.2. The number of amides is 1. The molecule has 0 aliphatic carbocycles. The van der Waals surface area contributed by atoms with Crippen LogP contribution in [0.2, 0.25) is 5.02 Å². The molecule has 1 heterocycles. The molecule has 0 spiro atoms. The van der Waals surface area contributed by atoms with Gasteiger partial charge in [0.25, 0.3) is 5.91 Å². The average Bonchev–Trinajstić information content (AvgIpc) is 2.82. The molecule has 0 aliphatic rings. The summed E-state index contributed by atoms with van der Waals surface area (Å²) in [4.78, 5) is 15.8. The Hall–Kier alpha value is -2.10. The summed E-state index contributed by atoms with van der Waals surface area (Å²) in [5.41, 5.74) is 1.28. The first-order chi connectivity index (χ1) is 9.58. The van der Waals surface area contributed by atoms with E-state index in [2.05, 4.69) is 10.3 Å². The minimum Gasteiger partial charge on any atom is -0.482 e. The van der Waals surface area contributed by atoms with Gasteiger partial charge in [-0.25, -0.2) is 4.98 Å². The van der Waals surface area contributed by atoms with E-state index in [-0.39, 0.29) is 12.5 Å². The van der Waals surface area contributed by atoms with E-state index in [9.17, 15) is 4.79 Å². The van der Waals surface area contributed by atoms with Gasteiger partial charge in [-0.2, -0.15) is 5.26 Å². The molecule has 20 heavy (non-hydrogen) atoms. The van der Waals surface area contributed by atoms with E-state index in [1.165, 1.54) is 17.4 Å². The van der Waals surface area contributed by atoms with Crippen LogP contribution in [0.25, 0.3) is 0 Å². The second kappa shape index (κ2) is 6.37. The number of nitrogens with zero attached hydrogens (tertiary/aromatic N) is 2. The number of ether oxygens (including phenoxy) is 1. The highest BCUT2D eigenvalue weighted by Gasteiger charge is 2.08. The van der Waals surface area contributed by atoms with Gasteiger partial charge in [-0.3, -0.25) is 10.1 Å². The molecule has 0 fully saturated rings. The number of hydrogen-bond acceptors (Lipinski definition) is 5. The minimum absolute atomic E-state index is 0.176. The highest BCUT2D eigenvalue weighted by Crippen LogP contribution is 2.25. The number of nitriles is 1. The molecule has 7 heteroatoms. The molecule has 0 radical (unpaired) electrons. The zero-order chi connectivity index (χ0) is 14.5. The summed E-state index contributed by atoms with van der Waals surface area (Å²) >= 11 is 7.28. The van der Waals surface area contributed by atoms with Gasteiger partial charge in [-0.05, 0) is 25.1 Å². The van der Waals surface area contributed by atoms with Gasteiger partial charge in [-0.1, -0.05) is 11.6 Å². The Morgan fingerprint density at radius 2 is 2.40 bits per heavy atom. The number of aryl methyl sites for hydroxylation is 1. The van der Waals surface area contributed by atoms with Gasteiger partial charge in [-0.15, -0.1) is 11.3 Å². The maximum atomic E-state index is 11.7. The molecule has 2 rings (SSSR count). The van der Waals surface area contributed by atoms with Crippen LogP contribution in [0.4, 0.5) is 5.13 Å². The Bertz CT molecular complexity index is 678. The van der Waals surface area contributed by atoms with Crippen LogP contribution in [0.1, 0.15) is 11.3 Å². The molecule has 1 N–H and O–H groups in total. The number of benzene rings is 1. The van der Waals surface area contributed by atoms with E-state index in [1.54, 1.807) is 12.1 Å². The maximum absolute atomic E-state index is 11.7. The smallest absolute Gasteiger partial charge is 0.264 e. The number of hydrogen-bond donors (Lipinski definition) is 1. The minimum atomic E-state index is -0.320. The van der Waals surface area contributed by atoms with E-state index in [4.69, 9.17) is 21.6 Å². The molecular formula is C13H10ClN3O2S. The third kappa shape index (κ3) is 3.70. The number of halogens is 1. The highest BCUT2D eigenvalue weighted by molar-refractivity contribution is 7.13. The van der Waals surface area contributed by atoms with Gasteiger partial charge < -0.3 is 4.74 Å². The summed E-state index contributed by atoms with van der Waals surface area (Å²) in [6.07, 6.45) is 0. The van der Waals surface area contributed by atoms with Gasteiger partial charge in [0.05, 0.1) is 22.3 Å². The molecule has 5 nitrogen and oxygen atoms in total. The highest BCUT2D eigenvalue weighted by atomic mass is 35.5. The summed E-state index contributed by atoms with van der Waals surface area (Å²) in [6.45, 7) is 1.67. The van der Waals surface area contributed by atoms with Crippen LogP contribution in [-0.4, -0.2) is 17.5 Å². The van der Waals surface area contributed by atoms with Crippen molar-refractivity contribution in [2.75, 3.05) is 11.9 Å². The van der Waals surface area contributed by atoms with E-state index in [0.29, 0.717) is 21.5 Å². The Morgan fingerprint density at radius 1 is 1.60 bits per heavy atom. The number of aromatic nitrogens is 1. The van der Waals surface area contributed by atoms with Gasteiger partial charge >= 0.3 is 0 Å². The maximum Gasteiger partial charge on any atom is 0.264 e. The lowest BCUT2D eigenvalue weighted by Crippen LogP contribution is -2.20. The lowest BCUT2D eigenvalue weighted by molar-refractivity contribution is -0.118. The van der Waals surface area contributed by atoms with Gasteiger partial charge in [0, 0.05) is 5.38 Å². The molecule has 1 amide bonds. The number of carbonyl (C=O) groups excluding carboxylic acids is 1. The Balaban J connectivity index is 1.92. The van der Waals surface area contributed by atoms with Crippen molar-refractivity contribution in [3.05, 3.63) is 39.9 Å². The number of carbonyl (C=O) groups is 1. The topological polar surface area (TPSA) is 75.0 Å². The molecule has 0 unspecified atom stereocenters. The van der Waals surface area contributed by atoms with Crippen molar-refractivity contribution in [1.82, 2.24) is 4.98 Å². The molecule has 0 atom stereocenters. The first kappa shape index (κ1) is 14.3. The number of thiazole rings is 1. The number of anilines is 1. The molecule has 2 aromatic rings. The van der Waals surface area contributed by atoms with E-state index in [1.807, 2.05) is 18.4 Å². The van der Waals surface area contributed by atoms with Crippen LogP contribution >= 0.6 is 22.9 Å². The van der Waals surface area contributed by atoms with Crippen LogP contribution in [0.5, 0.6) is 5.75 Å². The third-order valence-corrected chi connectivity index (χ3v) is 3.46. The predicted molar refractivity (Wildman–Crippen MR) is 77.1 cm³/mol. The summed E-state index contributed by atoms with van der Waals surface area (Å²) < 4.78 is 5.30. The molecule has 0 bridgehead atoms. The summed E-state index contributed by atoms with van der Waals surface area (Å²) in [5, 5.41) is 14.0. The summed E-state index contributed by atoms with van der Waals surface area (Å²) in [6, 6.07) is 6.58. The van der Waals surface area contributed by atoms with Crippen molar-refractivity contribution < 1.29 is 9.53 Å². The second-order valence-corrected chi connectivity index (χ2v) is 5.15. The van der Waals surface area contributed by atoms with Gasteiger partial charge in [0.2, 0.25) is 0 Å². The molecule has 0 aliphatic heterocycles. The first-order valence-electron chi connectivity index (χ1n) is 5.63. The Morgan fingerprint density at radius 3 is 3.00 bits per heavy atom. The molecule has 0 saturated heterocycles. The third-order valence-electron chi connectivity index (χ3n) is 2.29. The average molecular weight is 308 g/mol. The van der Waals surface area contributed by atoms with Crippen molar-refractivity contribution in [3.8, 4) is 11.8 Å². The Kier molecular flexibility index (Phi) is 4.56. The van der Waals surface area contributed by atoms with Crippen LogP contribution < -0.4 is 10.1 Å². The summed E-state index contributed by atoms with van der Waals surface area (Å²) in [5.74, 6) is 0.0379. The van der Waals surface area contributed by atoms with E-state index in [0.717, 1.165) is 5.69 Å². The van der Waals surface area contributed by atoms with Gasteiger partial charge in [0.15, 0.2) is 11.7 Å². The second-order valence-electron chi connectivity index (χ2n) is 3.89. The molecule has 0 saturated carbocycles. The normalized spacial score (nSPS) is 9.85. The van der Waals surface area contributed by atoms with Crippen LogP contribution in [0.3, 0.4) is 0 Å². The lowest BCUT2D eigenvalue weighted by Gasteiger charge is -2.07. The quantitative estimate of drug-likeness (QED) is 0.942. The van der Waals surface area contributed by atoms with Crippen molar-refractivity contribution >= 4 is 34.0 Å². The van der Waals surface area contributed by atoms with E-state index >= 15 is 0 Å². The fourth-order valence-corrected chi connectivity index (χ4v) is 2.34. The first-order valence-corrected chi connectivity index (χ1v) is 6.88. The van der Waals surface area contributed by atoms with Crippen molar-refractivity contribution in [2.24, 2.45) is 0 Å². The molecule has 1 aromatic heterocycles. The fraction of sp³-hybridized carbons (Fsp3) is 0.154. The zero-order valence-corrected chi connectivity index (χ0v) is 12.1. The monoisotopic (exact) mass is 307 g/mol. The van der Waals surface area contributed by atoms with Crippen LogP contribution in [-0.2, 0) is 4.79 Å². The molecular weight excluding hydrogens is 298 g/mol. The standard InChI is InChI=1S/C13H10ClN3O2S/c1-8-7-20-13(16-8)17-12(18)6-19-11-3-2-9(5-15)4-10(11)14/h2-4,7H,6H2,1H3,(H,16,17,18). The number of rotatable bonds is 4. The molecule has 102 valence electrons. The van der Waals surface area contributed by atoms with Crippen molar-refractivity contribution in [3.63, 3.8) is 0 Å². The van der Waals surface area contributed by atoms with Crippen LogP contribution in [0, 0.1) is 18.3 Å². The molecule has 1 aromatic carbocycles. The fourth-order valence-electron chi connectivity index (χ4n) is 1.40. The van der Waals surface area contributed by atoms with E-state index < -0.39 is 0 Å².